The minimum absolute atomic E-state index is 0.215. The van der Waals surface area contributed by atoms with Crippen molar-refractivity contribution in [3.05, 3.63) is 23.3 Å². The Hall–Kier alpha value is -1.56. The van der Waals surface area contributed by atoms with Crippen molar-refractivity contribution in [2.75, 3.05) is 27.4 Å². The fraction of sp³-hybridized carbons (Fsp3) is 0.500. The second-order valence-corrected chi connectivity index (χ2v) is 6.63. The van der Waals surface area contributed by atoms with E-state index < -0.39 is 19.3 Å². The van der Waals surface area contributed by atoms with Crippen molar-refractivity contribution in [2.24, 2.45) is 0 Å². The molecule has 0 radical (unpaired) electrons. The minimum atomic E-state index is -3.52. The van der Waals surface area contributed by atoms with Crippen molar-refractivity contribution < 1.29 is 27.9 Å². The number of amides is 1. The number of methoxy groups -OCH3 is 2. The average molecular weight is 329 g/mol. The highest BCUT2D eigenvalue weighted by molar-refractivity contribution is 7.54. The second kappa shape index (κ2) is 6.69. The van der Waals surface area contributed by atoms with E-state index in [1.807, 2.05) is 0 Å². The molecule has 1 atom stereocenters. The molecular weight excluding hydrogens is 309 g/mol. The molecule has 1 aliphatic rings. The zero-order valence-electron chi connectivity index (χ0n) is 13.0. The van der Waals surface area contributed by atoms with E-state index in [1.165, 1.54) is 14.2 Å². The molecule has 0 aromatic heterocycles. The molecule has 1 aromatic rings. The van der Waals surface area contributed by atoms with E-state index in [0.29, 0.717) is 22.6 Å². The molecule has 7 nitrogen and oxygen atoms in total. The topological polar surface area (TPSA) is 83.1 Å². The minimum Gasteiger partial charge on any atom is -0.493 e. The van der Waals surface area contributed by atoms with Crippen molar-refractivity contribution in [1.82, 2.24) is 5.32 Å². The van der Waals surface area contributed by atoms with Crippen LogP contribution in [-0.4, -0.2) is 33.3 Å². The molecule has 122 valence electrons. The number of ether oxygens (including phenoxy) is 2. The van der Waals surface area contributed by atoms with E-state index in [0.717, 1.165) is 0 Å². The highest BCUT2D eigenvalue weighted by Gasteiger charge is 2.46. The van der Waals surface area contributed by atoms with Crippen LogP contribution in [0.1, 0.15) is 35.6 Å². The molecule has 1 heterocycles. The van der Waals surface area contributed by atoms with Gasteiger partial charge in [0.1, 0.15) is 0 Å². The maximum Gasteiger partial charge on any atom is 0.357 e. The van der Waals surface area contributed by atoms with Gasteiger partial charge in [-0.1, -0.05) is 6.07 Å². The molecule has 0 aliphatic carbocycles. The molecule has 1 aromatic carbocycles. The number of fused-ring (bicyclic) bond motifs is 1. The summed E-state index contributed by atoms with van der Waals surface area (Å²) in [5.74, 6) is -0.510. The summed E-state index contributed by atoms with van der Waals surface area (Å²) >= 11 is 0. The molecule has 0 spiro atoms. The number of hydrogen-bond donors (Lipinski definition) is 1. The Balaban J connectivity index is 2.55. The van der Waals surface area contributed by atoms with Crippen LogP contribution in [0.3, 0.4) is 0 Å². The number of nitrogens with one attached hydrogen (secondary N) is 1. The van der Waals surface area contributed by atoms with Gasteiger partial charge in [-0.3, -0.25) is 9.36 Å². The van der Waals surface area contributed by atoms with E-state index in [9.17, 15) is 9.36 Å². The lowest BCUT2D eigenvalue weighted by molar-refractivity contribution is 0.0953. The van der Waals surface area contributed by atoms with Gasteiger partial charge in [-0.2, -0.15) is 0 Å². The standard InChI is InChI=1S/C14H20NO6P/c1-5-20-22(17,21-6-2)14-9-7-8-10(18-3)12(19-4)11(9)13(16)15-14/h7-8,14H,5-6H2,1-4H3,(H,15,16). The lowest BCUT2D eigenvalue weighted by Gasteiger charge is -2.23. The van der Waals surface area contributed by atoms with Crippen molar-refractivity contribution in [2.45, 2.75) is 19.6 Å². The van der Waals surface area contributed by atoms with Gasteiger partial charge in [-0.25, -0.2) is 0 Å². The normalized spacial score (nSPS) is 17.1. The molecule has 1 aliphatic heterocycles. The number of rotatable bonds is 7. The number of benzene rings is 1. The predicted octanol–water partition coefficient (Wildman–Crippen LogP) is 2.71. The number of hydrogen-bond acceptors (Lipinski definition) is 6. The summed E-state index contributed by atoms with van der Waals surface area (Å²) in [6.45, 7) is 3.87. The quantitative estimate of drug-likeness (QED) is 0.775. The Morgan fingerprint density at radius 3 is 2.27 bits per heavy atom. The van der Waals surface area contributed by atoms with Crippen LogP contribution in [0.2, 0.25) is 0 Å². The summed E-state index contributed by atoms with van der Waals surface area (Å²) in [7, 11) is -0.585. The lowest BCUT2D eigenvalue weighted by atomic mass is 10.1. The number of carbonyl (C=O) groups is 1. The Kier molecular flexibility index (Phi) is 5.11. The van der Waals surface area contributed by atoms with Crippen LogP contribution in [0.25, 0.3) is 0 Å². The third-order valence-electron chi connectivity index (χ3n) is 3.30. The highest BCUT2D eigenvalue weighted by Crippen LogP contribution is 2.62. The third kappa shape index (κ3) is 2.72. The van der Waals surface area contributed by atoms with Gasteiger partial charge < -0.3 is 23.8 Å². The van der Waals surface area contributed by atoms with Crippen LogP contribution in [-0.2, 0) is 13.6 Å². The van der Waals surface area contributed by atoms with Crippen LogP contribution in [0.4, 0.5) is 0 Å². The molecular formula is C14H20NO6P. The van der Waals surface area contributed by atoms with Crippen LogP contribution in [0.5, 0.6) is 11.5 Å². The van der Waals surface area contributed by atoms with Crippen LogP contribution < -0.4 is 14.8 Å². The molecule has 0 saturated heterocycles. The first-order valence-corrected chi connectivity index (χ1v) is 8.58. The van der Waals surface area contributed by atoms with E-state index in [-0.39, 0.29) is 13.2 Å². The van der Waals surface area contributed by atoms with Crippen molar-refractivity contribution in [1.29, 1.82) is 0 Å². The molecule has 0 saturated carbocycles. The summed E-state index contributed by atoms with van der Waals surface area (Å²) in [5, 5.41) is 2.67. The third-order valence-corrected chi connectivity index (χ3v) is 5.58. The van der Waals surface area contributed by atoms with E-state index in [4.69, 9.17) is 18.5 Å². The van der Waals surface area contributed by atoms with Crippen LogP contribution in [0.15, 0.2) is 12.1 Å². The van der Waals surface area contributed by atoms with Gasteiger partial charge in [0.25, 0.3) is 5.91 Å². The first-order chi connectivity index (χ1) is 10.5. The highest BCUT2D eigenvalue weighted by atomic mass is 31.2. The molecule has 22 heavy (non-hydrogen) atoms. The first-order valence-electron chi connectivity index (χ1n) is 6.96. The maximum atomic E-state index is 12.9. The number of carbonyl (C=O) groups excluding carboxylic acids is 1. The Bertz CT molecular complexity index is 608. The lowest BCUT2D eigenvalue weighted by Crippen LogP contribution is -2.21. The van der Waals surface area contributed by atoms with Gasteiger partial charge >= 0.3 is 7.60 Å². The van der Waals surface area contributed by atoms with E-state index in [1.54, 1.807) is 26.0 Å². The molecule has 1 unspecified atom stereocenters. The fourth-order valence-electron chi connectivity index (χ4n) is 2.47. The molecule has 8 heteroatoms. The first kappa shape index (κ1) is 16.8. The molecule has 0 fully saturated rings. The Morgan fingerprint density at radius 1 is 1.14 bits per heavy atom. The summed E-state index contributed by atoms with van der Waals surface area (Å²) < 4.78 is 34.1. The van der Waals surface area contributed by atoms with Gasteiger partial charge in [0.2, 0.25) is 0 Å². The summed E-state index contributed by atoms with van der Waals surface area (Å²) in [4.78, 5) is 12.3. The van der Waals surface area contributed by atoms with Crippen LogP contribution in [0, 0.1) is 0 Å². The van der Waals surface area contributed by atoms with Crippen molar-refractivity contribution in [3.63, 3.8) is 0 Å². The van der Waals surface area contributed by atoms with E-state index in [2.05, 4.69) is 5.32 Å². The zero-order valence-corrected chi connectivity index (χ0v) is 13.9. The maximum absolute atomic E-state index is 12.9. The molecule has 0 bridgehead atoms. The second-order valence-electron chi connectivity index (χ2n) is 4.52. The van der Waals surface area contributed by atoms with Gasteiger partial charge in [0, 0.05) is 5.56 Å². The van der Waals surface area contributed by atoms with Crippen molar-refractivity contribution >= 4 is 13.5 Å². The van der Waals surface area contributed by atoms with Gasteiger partial charge in [-0.15, -0.1) is 0 Å². The molecule has 1 amide bonds. The smallest absolute Gasteiger partial charge is 0.357 e. The fourth-order valence-corrected chi connectivity index (χ4v) is 4.40. The molecule has 2 rings (SSSR count). The Labute approximate surface area is 129 Å². The van der Waals surface area contributed by atoms with Gasteiger partial charge in [-0.05, 0) is 19.9 Å². The largest absolute Gasteiger partial charge is 0.493 e. The van der Waals surface area contributed by atoms with E-state index >= 15 is 0 Å². The summed E-state index contributed by atoms with van der Waals surface area (Å²) in [6, 6.07) is 3.33. The monoisotopic (exact) mass is 329 g/mol. The van der Waals surface area contributed by atoms with Gasteiger partial charge in [0.05, 0.1) is 33.0 Å². The summed E-state index contributed by atoms with van der Waals surface area (Å²) in [6.07, 6.45) is 0. The zero-order chi connectivity index (χ0) is 16.3. The van der Waals surface area contributed by atoms with Crippen molar-refractivity contribution in [3.8, 4) is 11.5 Å². The van der Waals surface area contributed by atoms with Crippen LogP contribution >= 0.6 is 7.60 Å². The predicted molar refractivity (Wildman–Crippen MR) is 80.6 cm³/mol. The summed E-state index contributed by atoms with van der Waals surface area (Å²) in [5.41, 5.74) is 0.819. The van der Waals surface area contributed by atoms with Gasteiger partial charge in [0.15, 0.2) is 17.3 Å². The SMILES string of the molecule is CCOP(=O)(OCC)C1NC(=O)c2c1ccc(OC)c2OC. The molecule has 1 N–H and O–H groups in total. The average Bonchev–Trinajstić information content (AvgIpc) is 2.85. The Morgan fingerprint density at radius 2 is 1.77 bits per heavy atom.